The molecule has 4 rings (SSSR count). The maximum atomic E-state index is 12.8. The summed E-state index contributed by atoms with van der Waals surface area (Å²) in [7, 11) is -3.38. The van der Waals surface area contributed by atoms with Gasteiger partial charge in [-0.2, -0.15) is 4.31 Å². The van der Waals surface area contributed by atoms with E-state index < -0.39 is 10.0 Å². The van der Waals surface area contributed by atoms with Crippen LogP contribution in [-0.4, -0.2) is 49.7 Å². The zero-order valence-corrected chi connectivity index (χ0v) is 18.9. The van der Waals surface area contributed by atoms with Crippen LogP contribution >= 0.6 is 0 Å². The molecule has 2 aliphatic heterocycles. The molecule has 2 aliphatic rings. The van der Waals surface area contributed by atoms with Gasteiger partial charge in [-0.3, -0.25) is 4.79 Å². The predicted octanol–water partition coefficient (Wildman–Crippen LogP) is 3.89. The molecule has 0 radical (unpaired) electrons. The maximum absolute atomic E-state index is 12.8. The van der Waals surface area contributed by atoms with Crippen LogP contribution in [0.25, 0.3) is 0 Å². The Morgan fingerprint density at radius 2 is 1.45 bits per heavy atom. The largest absolute Gasteiger partial charge is 0.343 e. The fraction of sp³-hybridized carbons (Fsp3) is 0.480. The van der Waals surface area contributed by atoms with Crippen molar-refractivity contribution in [1.29, 1.82) is 0 Å². The van der Waals surface area contributed by atoms with Gasteiger partial charge in [0, 0.05) is 32.6 Å². The van der Waals surface area contributed by atoms with Crippen molar-refractivity contribution in [2.45, 2.75) is 49.8 Å². The number of aryl methyl sites for hydroxylation is 1. The van der Waals surface area contributed by atoms with Gasteiger partial charge in [0.1, 0.15) is 0 Å². The van der Waals surface area contributed by atoms with E-state index in [-0.39, 0.29) is 5.91 Å². The Hall–Kier alpha value is -2.18. The molecule has 6 heteroatoms. The molecule has 0 unspecified atom stereocenters. The van der Waals surface area contributed by atoms with E-state index in [4.69, 9.17) is 0 Å². The second-order valence-corrected chi connectivity index (χ2v) is 10.7. The van der Waals surface area contributed by atoms with Gasteiger partial charge >= 0.3 is 0 Å². The molecule has 166 valence electrons. The second kappa shape index (κ2) is 9.96. The molecule has 0 spiro atoms. The molecule has 5 nitrogen and oxygen atoms in total. The van der Waals surface area contributed by atoms with Crippen molar-refractivity contribution in [3.8, 4) is 0 Å². The standard InChI is InChI=1S/C25H32N2O3S/c28-25(26-16-4-5-17-26)13-12-21-8-10-22(11-9-21)20-23-14-18-27(19-15-23)31(29,30)24-6-2-1-3-7-24/h1-3,6-11,23H,4-5,12-20H2. The van der Waals surface area contributed by atoms with Gasteiger partial charge in [0.2, 0.25) is 15.9 Å². The third-order valence-electron chi connectivity index (χ3n) is 6.59. The van der Waals surface area contributed by atoms with E-state index in [9.17, 15) is 13.2 Å². The Kier molecular flexibility index (Phi) is 7.08. The molecule has 0 bridgehead atoms. The lowest BCUT2D eigenvalue weighted by Gasteiger charge is -2.31. The highest BCUT2D eigenvalue weighted by Gasteiger charge is 2.29. The van der Waals surface area contributed by atoms with Crippen molar-refractivity contribution in [2.24, 2.45) is 5.92 Å². The van der Waals surface area contributed by atoms with Gasteiger partial charge < -0.3 is 4.90 Å². The molecule has 2 saturated heterocycles. The minimum atomic E-state index is -3.38. The number of piperidine rings is 1. The van der Waals surface area contributed by atoms with Gasteiger partial charge in [-0.25, -0.2) is 8.42 Å². The van der Waals surface area contributed by atoms with E-state index in [0.717, 1.165) is 51.6 Å². The Labute approximate surface area is 186 Å². The van der Waals surface area contributed by atoms with E-state index in [1.54, 1.807) is 28.6 Å². The van der Waals surface area contributed by atoms with E-state index in [1.165, 1.54) is 11.1 Å². The minimum Gasteiger partial charge on any atom is -0.343 e. The number of benzene rings is 2. The number of sulfonamides is 1. The summed E-state index contributed by atoms with van der Waals surface area (Å²) >= 11 is 0. The van der Waals surface area contributed by atoms with Crippen molar-refractivity contribution in [1.82, 2.24) is 9.21 Å². The topological polar surface area (TPSA) is 57.7 Å². The molecule has 0 aromatic heterocycles. The second-order valence-electron chi connectivity index (χ2n) is 8.77. The van der Waals surface area contributed by atoms with Gasteiger partial charge in [-0.15, -0.1) is 0 Å². The SMILES string of the molecule is O=C(CCc1ccc(CC2CCN(S(=O)(=O)c3ccccc3)CC2)cc1)N1CCCC1. The highest BCUT2D eigenvalue weighted by atomic mass is 32.2. The van der Waals surface area contributed by atoms with Crippen molar-refractivity contribution < 1.29 is 13.2 Å². The van der Waals surface area contributed by atoms with Gasteiger partial charge in [-0.1, -0.05) is 42.5 Å². The van der Waals surface area contributed by atoms with Crippen LogP contribution in [0.3, 0.4) is 0 Å². The number of rotatable bonds is 7. The molecule has 2 fully saturated rings. The van der Waals surface area contributed by atoms with Gasteiger partial charge in [0.25, 0.3) is 0 Å². The molecule has 2 aromatic carbocycles. The van der Waals surface area contributed by atoms with Crippen molar-refractivity contribution in [2.75, 3.05) is 26.2 Å². The lowest BCUT2D eigenvalue weighted by atomic mass is 9.90. The first-order valence-electron chi connectivity index (χ1n) is 11.4. The summed E-state index contributed by atoms with van der Waals surface area (Å²) in [6.07, 6.45) is 6.41. The summed E-state index contributed by atoms with van der Waals surface area (Å²) in [5.74, 6) is 0.781. The first-order chi connectivity index (χ1) is 15.0. The Balaban J connectivity index is 1.24. The molecule has 1 amide bonds. The molecule has 0 saturated carbocycles. The van der Waals surface area contributed by atoms with Crippen molar-refractivity contribution in [3.63, 3.8) is 0 Å². The van der Waals surface area contributed by atoms with Gasteiger partial charge in [0.15, 0.2) is 0 Å². The zero-order chi connectivity index (χ0) is 21.7. The number of amides is 1. The fourth-order valence-electron chi connectivity index (χ4n) is 4.65. The number of carbonyl (C=O) groups excluding carboxylic acids is 1. The molecule has 0 atom stereocenters. The summed E-state index contributed by atoms with van der Waals surface area (Å²) < 4.78 is 27.2. The lowest BCUT2D eigenvalue weighted by molar-refractivity contribution is -0.130. The van der Waals surface area contributed by atoms with E-state index >= 15 is 0 Å². The molecular weight excluding hydrogens is 408 g/mol. The molecule has 0 N–H and O–H groups in total. The van der Waals surface area contributed by atoms with Crippen LogP contribution in [-0.2, 0) is 27.7 Å². The van der Waals surface area contributed by atoms with Crippen LogP contribution < -0.4 is 0 Å². The van der Waals surface area contributed by atoms with Crippen LogP contribution in [0.15, 0.2) is 59.5 Å². The van der Waals surface area contributed by atoms with Crippen LogP contribution in [0.5, 0.6) is 0 Å². The lowest BCUT2D eigenvalue weighted by Crippen LogP contribution is -2.38. The first-order valence-corrected chi connectivity index (χ1v) is 12.9. The van der Waals surface area contributed by atoms with Gasteiger partial charge in [-0.05, 0) is 67.7 Å². The normalized spacial score (nSPS) is 18.4. The summed E-state index contributed by atoms with van der Waals surface area (Å²) in [6.45, 7) is 3.00. The number of hydrogen-bond acceptors (Lipinski definition) is 3. The first kappa shape index (κ1) is 22.0. The Morgan fingerprint density at radius 3 is 2.10 bits per heavy atom. The van der Waals surface area contributed by atoms with Crippen LogP contribution in [0.1, 0.15) is 43.2 Å². The van der Waals surface area contributed by atoms with Crippen LogP contribution in [0.4, 0.5) is 0 Å². The number of nitrogens with zero attached hydrogens (tertiary/aromatic N) is 2. The summed E-state index contributed by atoms with van der Waals surface area (Å²) in [4.78, 5) is 14.6. The number of likely N-dealkylation sites (tertiary alicyclic amines) is 1. The minimum absolute atomic E-state index is 0.277. The maximum Gasteiger partial charge on any atom is 0.243 e. The third kappa shape index (κ3) is 5.55. The highest BCUT2D eigenvalue weighted by molar-refractivity contribution is 7.89. The summed E-state index contributed by atoms with van der Waals surface area (Å²) in [5.41, 5.74) is 2.50. The average Bonchev–Trinajstić information content (AvgIpc) is 3.35. The monoisotopic (exact) mass is 440 g/mol. The van der Waals surface area contributed by atoms with Gasteiger partial charge in [0.05, 0.1) is 4.90 Å². The van der Waals surface area contributed by atoms with E-state index in [2.05, 4.69) is 24.3 Å². The summed E-state index contributed by atoms with van der Waals surface area (Å²) in [6, 6.07) is 17.3. The van der Waals surface area contributed by atoms with Crippen LogP contribution in [0.2, 0.25) is 0 Å². The zero-order valence-electron chi connectivity index (χ0n) is 18.1. The Morgan fingerprint density at radius 1 is 0.839 bits per heavy atom. The average molecular weight is 441 g/mol. The molecule has 2 heterocycles. The number of carbonyl (C=O) groups is 1. The number of hydrogen-bond donors (Lipinski definition) is 0. The molecule has 2 aromatic rings. The molecular formula is C25H32N2O3S. The van der Waals surface area contributed by atoms with E-state index in [1.807, 2.05) is 11.0 Å². The summed E-state index contributed by atoms with van der Waals surface area (Å²) in [5, 5.41) is 0. The van der Waals surface area contributed by atoms with Crippen molar-refractivity contribution in [3.05, 3.63) is 65.7 Å². The van der Waals surface area contributed by atoms with Crippen molar-refractivity contribution >= 4 is 15.9 Å². The predicted molar refractivity (Wildman–Crippen MR) is 122 cm³/mol. The molecule has 0 aliphatic carbocycles. The molecule has 31 heavy (non-hydrogen) atoms. The smallest absolute Gasteiger partial charge is 0.243 e. The van der Waals surface area contributed by atoms with Crippen LogP contribution in [0, 0.1) is 5.92 Å². The quantitative estimate of drug-likeness (QED) is 0.656. The Bertz CT molecular complexity index is 960. The third-order valence-corrected chi connectivity index (χ3v) is 8.50. The fourth-order valence-corrected chi connectivity index (χ4v) is 6.14. The highest BCUT2D eigenvalue weighted by Crippen LogP contribution is 2.26. The van der Waals surface area contributed by atoms with E-state index in [0.29, 0.717) is 30.3 Å².